The van der Waals surface area contributed by atoms with Crippen LogP contribution in [-0.4, -0.2) is 37.8 Å². The summed E-state index contributed by atoms with van der Waals surface area (Å²) in [6.45, 7) is 4.19. The maximum atomic E-state index is 12.8. The Balaban J connectivity index is 0.00000208. The van der Waals surface area contributed by atoms with Crippen molar-refractivity contribution >= 4 is 18.2 Å². The van der Waals surface area contributed by atoms with E-state index in [1.807, 2.05) is 12.1 Å². The van der Waals surface area contributed by atoms with Gasteiger partial charge >= 0.3 is 0 Å². The zero-order chi connectivity index (χ0) is 15.9. The highest BCUT2D eigenvalue weighted by molar-refractivity contribution is 5.85. The average Bonchev–Trinajstić information content (AvgIpc) is 2.62. The molecule has 1 saturated heterocycles. The Hall–Kier alpha value is -2.29. The first-order chi connectivity index (χ1) is 11.3. The average molecular weight is 348 g/mol. The molecule has 1 N–H and O–H groups in total. The van der Waals surface area contributed by atoms with Crippen LogP contribution in [-0.2, 0) is 0 Å². The predicted octanol–water partition coefficient (Wildman–Crippen LogP) is 2.48. The molecule has 1 aromatic carbocycles. The zero-order valence-corrected chi connectivity index (χ0v) is 14.0. The molecule has 0 atom stereocenters. The highest BCUT2D eigenvalue weighted by atomic mass is 35.5. The molecule has 0 radical (unpaired) electrons. The molecule has 4 nitrogen and oxygen atoms in total. The molecule has 1 fully saturated rings. The Labute approximate surface area is 147 Å². The molecule has 0 aliphatic carbocycles. The van der Waals surface area contributed by atoms with E-state index in [0.29, 0.717) is 5.75 Å². The fourth-order valence-electron chi connectivity index (χ4n) is 2.33. The van der Waals surface area contributed by atoms with Crippen LogP contribution in [0.15, 0.2) is 42.6 Å². The minimum atomic E-state index is -0.279. The SMILES string of the molecule is Cl.Fc1ccc(OCC#Cc2ccc(N3CCNCC3)nc2)cc1. The standard InChI is InChI=1S/C18H18FN3O.ClH/c19-16-4-6-17(7-5-16)23-13-1-2-15-3-8-18(21-14-15)22-11-9-20-10-12-22;/h3-8,14,20H,9-13H2;1H. The number of anilines is 1. The molecule has 126 valence electrons. The summed E-state index contributed by atoms with van der Waals surface area (Å²) in [4.78, 5) is 6.72. The Morgan fingerprint density at radius 1 is 1.12 bits per heavy atom. The Morgan fingerprint density at radius 2 is 1.88 bits per heavy atom. The number of hydrogen-bond donors (Lipinski definition) is 1. The fraction of sp³-hybridized carbons (Fsp3) is 0.278. The number of rotatable bonds is 3. The van der Waals surface area contributed by atoms with Crippen LogP contribution < -0.4 is 15.0 Å². The molecule has 2 aromatic rings. The number of pyridine rings is 1. The van der Waals surface area contributed by atoms with E-state index < -0.39 is 0 Å². The molecule has 1 aliphatic heterocycles. The number of hydrogen-bond acceptors (Lipinski definition) is 4. The highest BCUT2D eigenvalue weighted by Gasteiger charge is 2.10. The van der Waals surface area contributed by atoms with Crippen LogP contribution in [0.5, 0.6) is 5.75 Å². The van der Waals surface area contributed by atoms with Crippen LogP contribution in [0.3, 0.4) is 0 Å². The smallest absolute Gasteiger partial charge is 0.149 e. The summed E-state index contributed by atoms with van der Waals surface area (Å²) in [5.74, 6) is 7.26. The number of aromatic nitrogens is 1. The first-order valence-corrected chi connectivity index (χ1v) is 7.60. The van der Waals surface area contributed by atoms with Crippen molar-refractivity contribution in [3.05, 3.63) is 54.0 Å². The number of ether oxygens (including phenoxy) is 1. The lowest BCUT2D eigenvalue weighted by atomic mass is 10.2. The van der Waals surface area contributed by atoms with Crippen LogP contribution in [0.2, 0.25) is 0 Å². The molecule has 0 bridgehead atoms. The molecule has 1 aromatic heterocycles. The molecule has 1 aliphatic rings. The van der Waals surface area contributed by atoms with Crippen LogP contribution in [0.1, 0.15) is 5.56 Å². The van der Waals surface area contributed by atoms with Crippen molar-refractivity contribution in [1.82, 2.24) is 10.3 Å². The van der Waals surface area contributed by atoms with E-state index in [0.717, 1.165) is 37.6 Å². The van der Waals surface area contributed by atoms with Gasteiger partial charge in [0, 0.05) is 37.9 Å². The van der Waals surface area contributed by atoms with Crippen molar-refractivity contribution in [3.8, 4) is 17.6 Å². The van der Waals surface area contributed by atoms with Crippen molar-refractivity contribution in [3.63, 3.8) is 0 Å². The molecule has 2 heterocycles. The summed E-state index contributed by atoms with van der Waals surface area (Å²) in [5.41, 5.74) is 0.853. The van der Waals surface area contributed by atoms with Crippen molar-refractivity contribution in [2.24, 2.45) is 0 Å². The summed E-state index contributed by atoms with van der Waals surface area (Å²) >= 11 is 0. The number of piperazine rings is 1. The molecule has 24 heavy (non-hydrogen) atoms. The van der Waals surface area contributed by atoms with Gasteiger partial charge in [-0.25, -0.2) is 9.37 Å². The van der Waals surface area contributed by atoms with Gasteiger partial charge in [-0.05, 0) is 36.4 Å². The summed E-state index contributed by atoms with van der Waals surface area (Å²) < 4.78 is 18.2. The third kappa shape index (κ3) is 5.12. The quantitative estimate of drug-likeness (QED) is 0.866. The minimum absolute atomic E-state index is 0. The Kier molecular flexibility index (Phi) is 6.86. The van der Waals surface area contributed by atoms with Crippen LogP contribution in [0, 0.1) is 17.7 Å². The third-order valence-electron chi connectivity index (χ3n) is 3.55. The number of nitrogens with one attached hydrogen (secondary N) is 1. The van der Waals surface area contributed by atoms with Gasteiger partial charge in [0.15, 0.2) is 0 Å². The van der Waals surface area contributed by atoms with Crippen molar-refractivity contribution in [1.29, 1.82) is 0 Å². The van der Waals surface area contributed by atoms with Gasteiger partial charge in [-0.15, -0.1) is 12.4 Å². The molecule has 0 saturated carbocycles. The molecule has 3 rings (SSSR count). The van der Waals surface area contributed by atoms with Gasteiger partial charge in [0.05, 0.1) is 0 Å². The molecule has 0 unspecified atom stereocenters. The number of halogens is 2. The van der Waals surface area contributed by atoms with Gasteiger partial charge in [0.25, 0.3) is 0 Å². The van der Waals surface area contributed by atoms with E-state index in [4.69, 9.17) is 4.74 Å². The molecule has 6 heteroatoms. The van der Waals surface area contributed by atoms with Crippen molar-refractivity contribution < 1.29 is 9.13 Å². The molecular weight excluding hydrogens is 329 g/mol. The van der Waals surface area contributed by atoms with Gasteiger partial charge in [0.1, 0.15) is 24.0 Å². The van der Waals surface area contributed by atoms with Gasteiger partial charge in [-0.3, -0.25) is 0 Å². The summed E-state index contributed by atoms with van der Waals surface area (Å²) in [6.07, 6.45) is 1.78. The number of benzene rings is 1. The largest absolute Gasteiger partial charge is 0.481 e. The van der Waals surface area contributed by atoms with Gasteiger partial charge in [-0.2, -0.15) is 0 Å². The first kappa shape index (κ1) is 18.1. The van der Waals surface area contributed by atoms with Crippen LogP contribution in [0.25, 0.3) is 0 Å². The van der Waals surface area contributed by atoms with Gasteiger partial charge in [0.2, 0.25) is 0 Å². The fourth-order valence-corrected chi connectivity index (χ4v) is 2.33. The number of nitrogens with zero attached hydrogens (tertiary/aromatic N) is 2. The van der Waals surface area contributed by atoms with E-state index >= 15 is 0 Å². The maximum absolute atomic E-state index is 12.8. The topological polar surface area (TPSA) is 37.4 Å². The lowest BCUT2D eigenvalue weighted by molar-refractivity contribution is 0.369. The Bertz CT molecular complexity index is 689. The second-order valence-electron chi connectivity index (χ2n) is 5.19. The second-order valence-corrected chi connectivity index (χ2v) is 5.19. The summed E-state index contributed by atoms with van der Waals surface area (Å²) in [7, 11) is 0. The van der Waals surface area contributed by atoms with Crippen molar-refractivity contribution in [2.75, 3.05) is 37.7 Å². The van der Waals surface area contributed by atoms with Crippen molar-refractivity contribution in [2.45, 2.75) is 0 Å². The van der Waals surface area contributed by atoms with Crippen LogP contribution in [0.4, 0.5) is 10.2 Å². The Morgan fingerprint density at radius 3 is 2.54 bits per heavy atom. The third-order valence-corrected chi connectivity index (χ3v) is 3.55. The minimum Gasteiger partial charge on any atom is -0.481 e. The summed E-state index contributed by atoms with van der Waals surface area (Å²) in [5, 5.41) is 3.32. The summed E-state index contributed by atoms with van der Waals surface area (Å²) in [6, 6.07) is 9.86. The lowest BCUT2D eigenvalue weighted by Gasteiger charge is -2.28. The van der Waals surface area contributed by atoms with E-state index in [2.05, 4.69) is 27.0 Å². The van der Waals surface area contributed by atoms with E-state index in [1.54, 1.807) is 18.3 Å². The van der Waals surface area contributed by atoms with E-state index in [9.17, 15) is 4.39 Å². The van der Waals surface area contributed by atoms with E-state index in [1.165, 1.54) is 12.1 Å². The monoisotopic (exact) mass is 347 g/mol. The molecule has 0 spiro atoms. The van der Waals surface area contributed by atoms with E-state index in [-0.39, 0.29) is 24.8 Å². The first-order valence-electron chi connectivity index (χ1n) is 7.60. The van der Waals surface area contributed by atoms with Gasteiger partial charge in [-0.1, -0.05) is 11.8 Å². The normalized spacial score (nSPS) is 13.5. The second kappa shape index (κ2) is 9.11. The van der Waals surface area contributed by atoms with Crippen LogP contribution >= 0.6 is 12.4 Å². The lowest BCUT2D eigenvalue weighted by Crippen LogP contribution is -2.43. The molecular formula is C18H19ClFN3O. The predicted molar refractivity (Wildman–Crippen MR) is 95.3 cm³/mol. The highest BCUT2D eigenvalue weighted by Crippen LogP contribution is 2.12. The van der Waals surface area contributed by atoms with Gasteiger partial charge < -0.3 is 15.0 Å². The molecule has 0 amide bonds. The zero-order valence-electron chi connectivity index (χ0n) is 13.2. The maximum Gasteiger partial charge on any atom is 0.149 e.